The molecule has 1 fully saturated rings. The predicted octanol–water partition coefficient (Wildman–Crippen LogP) is 2.73. The molecule has 0 bridgehead atoms. The smallest absolute Gasteiger partial charge is 0.316 e. The molecule has 2 aromatic heterocycles. The van der Waals surface area contributed by atoms with Crippen LogP contribution < -0.4 is 0 Å². The molecule has 0 atom stereocenters. The molecule has 116 valence electrons. The zero-order valence-corrected chi connectivity index (χ0v) is 12.0. The zero-order valence-electron chi connectivity index (χ0n) is 12.0. The molecule has 1 saturated carbocycles. The van der Waals surface area contributed by atoms with Gasteiger partial charge in [0.25, 0.3) is 0 Å². The number of hydrogen-bond donors (Lipinski definition) is 0. The minimum atomic E-state index is -0.628. The van der Waals surface area contributed by atoms with Gasteiger partial charge in [-0.05, 0) is 31.9 Å². The summed E-state index contributed by atoms with van der Waals surface area (Å²) in [5, 5.41) is 15.4. The van der Waals surface area contributed by atoms with E-state index < -0.39 is 10.7 Å². The molecule has 7 nitrogen and oxygen atoms in total. The van der Waals surface area contributed by atoms with Gasteiger partial charge in [-0.15, -0.1) is 0 Å². The fourth-order valence-corrected chi connectivity index (χ4v) is 2.56. The van der Waals surface area contributed by atoms with Gasteiger partial charge in [-0.25, -0.2) is 4.39 Å². The molecule has 22 heavy (non-hydrogen) atoms. The summed E-state index contributed by atoms with van der Waals surface area (Å²) in [6, 6.07) is 2.68. The van der Waals surface area contributed by atoms with Gasteiger partial charge in [-0.1, -0.05) is 0 Å². The summed E-state index contributed by atoms with van der Waals surface area (Å²) >= 11 is 0. The van der Waals surface area contributed by atoms with Crippen LogP contribution in [-0.4, -0.2) is 32.4 Å². The second kappa shape index (κ2) is 5.80. The first-order valence-electron chi connectivity index (χ1n) is 7.06. The van der Waals surface area contributed by atoms with Crippen molar-refractivity contribution >= 4 is 5.69 Å². The van der Waals surface area contributed by atoms with Crippen molar-refractivity contribution < 1.29 is 14.1 Å². The summed E-state index contributed by atoms with van der Waals surface area (Å²) in [7, 11) is 0. The van der Waals surface area contributed by atoms with Crippen LogP contribution in [-0.2, 0) is 4.74 Å². The third kappa shape index (κ3) is 2.57. The lowest BCUT2D eigenvalue weighted by Gasteiger charge is -2.34. The van der Waals surface area contributed by atoms with E-state index in [9.17, 15) is 14.5 Å². The lowest BCUT2D eigenvalue weighted by Crippen LogP contribution is -2.33. The maximum atomic E-state index is 13.8. The highest BCUT2D eigenvalue weighted by Crippen LogP contribution is 2.37. The second-order valence-electron chi connectivity index (χ2n) is 5.14. The van der Waals surface area contributed by atoms with Gasteiger partial charge < -0.3 is 4.74 Å². The molecule has 1 aliphatic rings. The van der Waals surface area contributed by atoms with Crippen LogP contribution in [0.3, 0.4) is 0 Å². The van der Waals surface area contributed by atoms with E-state index in [1.807, 2.05) is 6.92 Å². The van der Waals surface area contributed by atoms with Gasteiger partial charge in [0.1, 0.15) is 11.9 Å². The van der Waals surface area contributed by atoms with E-state index in [0.29, 0.717) is 6.61 Å². The van der Waals surface area contributed by atoms with E-state index in [4.69, 9.17) is 4.74 Å². The van der Waals surface area contributed by atoms with Crippen molar-refractivity contribution in [2.45, 2.75) is 31.9 Å². The molecule has 0 unspecified atom stereocenters. The number of halogens is 1. The van der Waals surface area contributed by atoms with Crippen LogP contribution in [0.5, 0.6) is 0 Å². The van der Waals surface area contributed by atoms with Crippen LogP contribution in [0.25, 0.3) is 11.4 Å². The lowest BCUT2D eigenvalue weighted by atomic mass is 9.89. The number of aromatic nitrogens is 3. The Morgan fingerprint density at radius 3 is 2.91 bits per heavy atom. The summed E-state index contributed by atoms with van der Waals surface area (Å²) in [6.07, 6.45) is 4.38. The topological polar surface area (TPSA) is 83.1 Å². The standard InChI is InChI=1S/C14H15FN4O3/c1-2-22-10-6-9(7-10)18-8-12(19(20)21)14(17-18)13-11(15)4-3-5-16-13/h3-5,8-10H,2,6-7H2,1H3. The average molecular weight is 306 g/mol. The molecular formula is C14H15FN4O3. The van der Waals surface area contributed by atoms with E-state index in [2.05, 4.69) is 10.1 Å². The quantitative estimate of drug-likeness (QED) is 0.626. The lowest BCUT2D eigenvalue weighted by molar-refractivity contribution is -0.384. The normalized spacial score (nSPS) is 20.6. The van der Waals surface area contributed by atoms with Crippen molar-refractivity contribution in [3.8, 4) is 11.4 Å². The van der Waals surface area contributed by atoms with Gasteiger partial charge in [-0.2, -0.15) is 5.10 Å². The van der Waals surface area contributed by atoms with Crippen LogP contribution in [0.2, 0.25) is 0 Å². The summed E-state index contributed by atoms with van der Waals surface area (Å²) in [5.41, 5.74) is -0.381. The number of nitro groups is 1. The van der Waals surface area contributed by atoms with Crippen molar-refractivity contribution in [2.75, 3.05) is 6.61 Å². The SMILES string of the molecule is CCOC1CC(n2cc([N+](=O)[O-])c(-c3ncccc3F)n2)C1. The van der Waals surface area contributed by atoms with Gasteiger partial charge in [0, 0.05) is 12.8 Å². The Labute approximate surface area is 125 Å². The number of rotatable bonds is 5. The van der Waals surface area contributed by atoms with E-state index >= 15 is 0 Å². The van der Waals surface area contributed by atoms with Crippen LogP contribution in [0.4, 0.5) is 10.1 Å². The largest absolute Gasteiger partial charge is 0.378 e. The summed E-state index contributed by atoms with van der Waals surface area (Å²) in [4.78, 5) is 14.5. The molecule has 0 amide bonds. The Bertz CT molecular complexity index is 697. The van der Waals surface area contributed by atoms with E-state index in [1.165, 1.54) is 29.2 Å². The number of hydrogen-bond acceptors (Lipinski definition) is 5. The molecule has 2 heterocycles. The highest BCUT2D eigenvalue weighted by atomic mass is 19.1. The summed E-state index contributed by atoms with van der Waals surface area (Å²) < 4.78 is 20.8. The number of pyridine rings is 1. The fourth-order valence-electron chi connectivity index (χ4n) is 2.56. The Morgan fingerprint density at radius 2 is 2.27 bits per heavy atom. The molecule has 0 radical (unpaired) electrons. The Balaban J connectivity index is 1.91. The second-order valence-corrected chi connectivity index (χ2v) is 5.14. The van der Waals surface area contributed by atoms with Gasteiger partial charge in [0.05, 0.1) is 17.1 Å². The molecule has 0 aliphatic heterocycles. The van der Waals surface area contributed by atoms with Gasteiger partial charge in [-0.3, -0.25) is 19.8 Å². The van der Waals surface area contributed by atoms with E-state index in [-0.39, 0.29) is 29.2 Å². The Morgan fingerprint density at radius 1 is 1.50 bits per heavy atom. The van der Waals surface area contributed by atoms with Gasteiger partial charge >= 0.3 is 5.69 Å². The van der Waals surface area contributed by atoms with Crippen molar-refractivity contribution in [3.05, 3.63) is 40.5 Å². The third-order valence-electron chi connectivity index (χ3n) is 3.74. The van der Waals surface area contributed by atoms with Crippen LogP contribution in [0.15, 0.2) is 24.5 Å². The summed E-state index contributed by atoms with van der Waals surface area (Å²) in [5.74, 6) is -0.628. The minimum Gasteiger partial charge on any atom is -0.378 e. The van der Waals surface area contributed by atoms with Crippen molar-refractivity contribution in [1.29, 1.82) is 0 Å². The first-order chi connectivity index (χ1) is 10.6. The third-order valence-corrected chi connectivity index (χ3v) is 3.74. The average Bonchev–Trinajstić information content (AvgIpc) is 2.87. The number of ether oxygens (including phenoxy) is 1. The molecule has 0 saturated heterocycles. The van der Waals surface area contributed by atoms with Crippen LogP contribution in [0.1, 0.15) is 25.8 Å². The van der Waals surface area contributed by atoms with Crippen molar-refractivity contribution in [3.63, 3.8) is 0 Å². The molecule has 2 aromatic rings. The molecule has 3 rings (SSSR count). The maximum Gasteiger partial charge on any atom is 0.316 e. The first-order valence-corrected chi connectivity index (χ1v) is 7.06. The Kier molecular flexibility index (Phi) is 3.84. The first kappa shape index (κ1) is 14.6. The molecular weight excluding hydrogens is 291 g/mol. The van der Waals surface area contributed by atoms with Gasteiger partial charge in [0.2, 0.25) is 0 Å². The van der Waals surface area contributed by atoms with E-state index in [1.54, 1.807) is 0 Å². The summed E-state index contributed by atoms with van der Waals surface area (Å²) in [6.45, 7) is 2.56. The van der Waals surface area contributed by atoms with E-state index in [0.717, 1.165) is 12.8 Å². The predicted molar refractivity (Wildman–Crippen MR) is 75.8 cm³/mol. The van der Waals surface area contributed by atoms with Crippen LogP contribution >= 0.6 is 0 Å². The molecule has 8 heteroatoms. The highest BCUT2D eigenvalue weighted by Gasteiger charge is 2.34. The fraction of sp³-hybridized carbons (Fsp3) is 0.429. The molecule has 0 aromatic carbocycles. The highest BCUT2D eigenvalue weighted by molar-refractivity contribution is 5.65. The Hall–Kier alpha value is -2.35. The molecule has 0 N–H and O–H groups in total. The van der Waals surface area contributed by atoms with Crippen molar-refractivity contribution in [1.82, 2.24) is 14.8 Å². The monoisotopic (exact) mass is 306 g/mol. The minimum absolute atomic E-state index is 0.0378. The molecule has 1 aliphatic carbocycles. The van der Waals surface area contributed by atoms with Crippen molar-refractivity contribution in [2.24, 2.45) is 0 Å². The number of nitrogens with zero attached hydrogens (tertiary/aromatic N) is 4. The maximum absolute atomic E-state index is 13.8. The van der Waals surface area contributed by atoms with Gasteiger partial charge in [0.15, 0.2) is 11.5 Å². The van der Waals surface area contributed by atoms with Crippen LogP contribution in [0, 0.1) is 15.9 Å². The zero-order chi connectivity index (χ0) is 15.7. The molecule has 0 spiro atoms.